The third-order valence-electron chi connectivity index (χ3n) is 5.63. The summed E-state index contributed by atoms with van der Waals surface area (Å²) in [5, 5.41) is 0. The van der Waals surface area contributed by atoms with Crippen LogP contribution in [0, 0.1) is 6.92 Å². The average molecular weight is 356 g/mol. The number of rotatable bonds is 2. The van der Waals surface area contributed by atoms with Crippen molar-refractivity contribution in [2.75, 3.05) is 16.3 Å². The number of aryl methyl sites for hydroxylation is 2. The second-order valence-electron chi connectivity index (χ2n) is 7.60. The fourth-order valence-corrected chi connectivity index (χ4v) is 4.44. The molecule has 0 radical (unpaired) electrons. The van der Waals surface area contributed by atoms with Crippen molar-refractivity contribution in [3.8, 4) is 0 Å². The molecule has 1 atom stereocenters. The van der Waals surface area contributed by atoms with E-state index >= 15 is 0 Å². The van der Waals surface area contributed by atoms with Crippen molar-refractivity contribution >= 4 is 23.1 Å². The van der Waals surface area contributed by atoms with E-state index in [4.69, 9.17) is 9.97 Å². The van der Waals surface area contributed by atoms with E-state index in [9.17, 15) is 0 Å². The zero-order chi connectivity index (χ0) is 18.4. The Bertz CT molecular complexity index is 997. The molecule has 0 fully saturated rings. The van der Waals surface area contributed by atoms with Gasteiger partial charge in [0.2, 0.25) is 5.95 Å². The highest BCUT2D eigenvalue weighted by molar-refractivity contribution is 5.71. The Morgan fingerprint density at radius 2 is 1.67 bits per heavy atom. The molecule has 4 nitrogen and oxygen atoms in total. The molecule has 2 aliphatic heterocycles. The summed E-state index contributed by atoms with van der Waals surface area (Å²) in [5.74, 6) is 1.81. The summed E-state index contributed by atoms with van der Waals surface area (Å²) in [6.07, 6.45) is 3.32. The van der Waals surface area contributed by atoms with Crippen LogP contribution in [0.15, 0.2) is 54.6 Å². The van der Waals surface area contributed by atoms with Crippen LogP contribution >= 0.6 is 0 Å². The molecule has 1 unspecified atom stereocenters. The molecule has 2 aromatic carbocycles. The molecule has 3 aromatic rings. The fourth-order valence-electron chi connectivity index (χ4n) is 4.44. The van der Waals surface area contributed by atoms with Crippen LogP contribution in [0.4, 0.5) is 23.1 Å². The van der Waals surface area contributed by atoms with Crippen molar-refractivity contribution in [2.24, 2.45) is 0 Å². The maximum Gasteiger partial charge on any atom is 0.232 e. The molecule has 5 rings (SSSR count). The summed E-state index contributed by atoms with van der Waals surface area (Å²) in [4.78, 5) is 14.5. The zero-order valence-corrected chi connectivity index (χ0v) is 15.9. The summed E-state index contributed by atoms with van der Waals surface area (Å²) in [5.41, 5.74) is 6.30. The summed E-state index contributed by atoms with van der Waals surface area (Å²) in [6, 6.07) is 19.8. The second-order valence-corrected chi connectivity index (χ2v) is 7.60. The van der Waals surface area contributed by atoms with E-state index in [1.807, 2.05) is 0 Å². The third-order valence-corrected chi connectivity index (χ3v) is 5.63. The number of hydrogen-bond donors (Lipinski definition) is 0. The number of aromatic nitrogens is 2. The quantitative estimate of drug-likeness (QED) is 0.650. The molecule has 0 saturated carbocycles. The molecular weight excluding hydrogens is 332 g/mol. The topological polar surface area (TPSA) is 32.3 Å². The normalized spacial score (nSPS) is 18.4. The van der Waals surface area contributed by atoms with E-state index < -0.39 is 0 Å². The van der Waals surface area contributed by atoms with E-state index in [1.54, 1.807) is 0 Å². The Kier molecular flexibility index (Phi) is 3.85. The number of benzene rings is 2. The highest BCUT2D eigenvalue weighted by Crippen LogP contribution is 2.39. The standard InChI is InChI=1S/C23H24N4/c1-16-14-22(27-17(2)15-19-9-4-6-12-21(19)27)25-23(24-16)26-13-7-10-18-8-3-5-11-20(18)26/h3-6,8-9,11-12,14,17H,7,10,13,15H2,1-2H3. The molecule has 1 aromatic heterocycles. The largest absolute Gasteiger partial charge is 0.323 e. The molecule has 0 aliphatic carbocycles. The number of nitrogens with zero attached hydrogens (tertiary/aromatic N) is 4. The molecule has 0 N–H and O–H groups in total. The Hall–Kier alpha value is -2.88. The number of hydrogen-bond acceptors (Lipinski definition) is 4. The van der Waals surface area contributed by atoms with Gasteiger partial charge in [0, 0.05) is 35.7 Å². The van der Waals surface area contributed by atoms with Gasteiger partial charge in [-0.1, -0.05) is 36.4 Å². The smallest absolute Gasteiger partial charge is 0.232 e. The zero-order valence-electron chi connectivity index (χ0n) is 15.9. The summed E-state index contributed by atoms with van der Waals surface area (Å²) < 4.78 is 0. The van der Waals surface area contributed by atoms with E-state index in [1.165, 1.54) is 22.5 Å². The first-order chi connectivity index (χ1) is 13.2. The van der Waals surface area contributed by atoms with Gasteiger partial charge >= 0.3 is 0 Å². The van der Waals surface area contributed by atoms with Gasteiger partial charge in [-0.2, -0.15) is 4.98 Å². The lowest BCUT2D eigenvalue weighted by Crippen LogP contribution is -2.29. The van der Waals surface area contributed by atoms with Crippen LogP contribution in [0.3, 0.4) is 0 Å². The fraction of sp³-hybridized carbons (Fsp3) is 0.304. The van der Waals surface area contributed by atoms with Crippen LogP contribution in [0.25, 0.3) is 0 Å². The second kappa shape index (κ2) is 6.38. The minimum atomic E-state index is 0.401. The van der Waals surface area contributed by atoms with Gasteiger partial charge in [-0.3, -0.25) is 0 Å². The van der Waals surface area contributed by atoms with E-state index in [0.29, 0.717) is 6.04 Å². The van der Waals surface area contributed by atoms with Gasteiger partial charge in [0.15, 0.2) is 0 Å². The molecule has 27 heavy (non-hydrogen) atoms. The van der Waals surface area contributed by atoms with Crippen LogP contribution in [-0.4, -0.2) is 22.6 Å². The van der Waals surface area contributed by atoms with Crippen LogP contribution < -0.4 is 9.80 Å². The Labute approximate surface area is 160 Å². The maximum atomic E-state index is 5.03. The van der Waals surface area contributed by atoms with E-state index in [2.05, 4.69) is 78.2 Å². The first-order valence-electron chi connectivity index (χ1n) is 9.79. The molecule has 0 bridgehead atoms. The number of anilines is 4. The summed E-state index contributed by atoms with van der Waals surface area (Å²) in [7, 11) is 0. The maximum absolute atomic E-state index is 5.03. The van der Waals surface area contributed by atoms with Crippen molar-refractivity contribution in [1.82, 2.24) is 9.97 Å². The molecule has 4 heteroatoms. The molecule has 0 saturated heterocycles. The van der Waals surface area contributed by atoms with Crippen LogP contribution in [0.1, 0.15) is 30.2 Å². The van der Waals surface area contributed by atoms with E-state index in [-0.39, 0.29) is 0 Å². The van der Waals surface area contributed by atoms with Gasteiger partial charge in [0.25, 0.3) is 0 Å². The minimum absolute atomic E-state index is 0.401. The Balaban J connectivity index is 1.59. The van der Waals surface area contributed by atoms with E-state index in [0.717, 1.165) is 43.3 Å². The molecular formula is C23H24N4. The lowest BCUT2D eigenvalue weighted by Gasteiger charge is -2.31. The van der Waals surface area contributed by atoms with Gasteiger partial charge in [0.05, 0.1) is 0 Å². The molecule has 3 heterocycles. The molecule has 136 valence electrons. The Morgan fingerprint density at radius 1 is 0.926 bits per heavy atom. The third kappa shape index (κ3) is 2.76. The van der Waals surface area contributed by atoms with Gasteiger partial charge < -0.3 is 9.80 Å². The van der Waals surface area contributed by atoms with Crippen molar-refractivity contribution in [3.05, 3.63) is 71.4 Å². The van der Waals surface area contributed by atoms with Crippen LogP contribution in [-0.2, 0) is 12.8 Å². The first kappa shape index (κ1) is 16.3. The minimum Gasteiger partial charge on any atom is -0.323 e. The van der Waals surface area contributed by atoms with Gasteiger partial charge in [-0.25, -0.2) is 4.98 Å². The molecule has 0 amide bonds. The van der Waals surface area contributed by atoms with Gasteiger partial charge in [-0.15, -0.1) is 0 Å². The lowest BCUT2D eigenvalue weighted by atomic mass is 10.0. The molecule has 2 aliphatic rings. The Morgan fingerprint density at radius 3 is 2.52 bits per heavy atom. The monoisotopic (exact) mass is 356 g/mol. The predicted octanol–water partition coefficient (Wildman–Crippen LogP) is 4.95. The summed E-state index contributed by atoms with van der Waals surface area (Å²) >= 11 is 0. The highest BCUT2D eigenvalue weighted by atomic mass is 15.3. The van der Waals surface area contributed by atoms with Gasteiger partial charge in [0.1, 0.15) is 5.82 Å². The summed E-state index contributed by atoms with van der Waals surface area (Å²) in [6.45, 7) is 5.30. The van der Waals surface area contributed by atoms with Crippen molar-refractivity contribution in [1.29, 1.82) is 0 Å². The number of fused-ring (bicyclic) bond motifs is 2. The van der Waals surface area contributed by atoms with Crippen LogP contribution in [0.2, 0.25) is 0 Å². The van der Waals surface area contributed by atoms with Crippen molar-refractivity contribution in [2.45, 2.75) is 39.2 Å². The first-order valence-corrected chi connectivity index (χ1v) is 9.79. The van der Waals surface area contributed by atoms with Crippen LogP contribution in [0.5, 0.6) is 0 Å². The number of para-hydroxylation sites is 2. The van der Waals surface area contributed by atoms with Gasteiger partial charge in [-0.05, 0) is 56.4 Å². The van der Waals surface area contributed by atoms with Crippen molar-refractivity contribution in [3.63, 3.8) is 0 Å². The lowest BCUT2D eigenvalue weighted by molar-refractivity contribution is 0.732. The molecule has 0 spiro atoms. The van der Waals surface area contributed by atoms with Crippen molar-refractivity contribution < 1.29 is 0 Å². The highest BCUT2D eigenvalue weighted by Gasteiger charge is 2.29. The average Bonchev–Trinajstić information content (AvgIpc) is 3.02. The SMILES string of the molecule is Cc1cc(N2c3ccccc3CC2C)nc(N2CCCc3ccccc32)n1. The predicted molar refractivity (Wildman–Crippen MR) is 110 cm³/mol.